The second kappa shape index (κ2) is 7.43. The molecule has 1 aromatic carbocycles. The fraction of sp³-hybridized carbons (Fsp3) is 0.368. The molecule has 5 atom stereocenters. The van der Waals surface area contributed by atoms with Crippen LogP contribution in [0.1, 0.15) is 24.8 Å². The number of nitrogens with zero attached hydrogens (tertiary/aromatic N) is 3. The van der Waals surface area contributed by atoms with Crippen LogP contribution in [0.5, 0.6) is 0 Å². The van der Waals surface area contributed by atoms with E-state index in [-0.39, 0.29) is 0 Å². The van der Waals surface area contributed by atoms with Gasteiger partial charge in [0.1, 0.15) is 36.7 Å². The van der Waals surface area contributed by atoms with Gasteiger partial charge in [-0.15, -0.1) is 0 Å². The first-order valence-electron chi connectivity index (χ1n) is 8.95. The van der Waals surface area contributed by atoms with Crippen LogP contribution < -0.4 is 5.49 Å². The Bertz CT molecular complexity index is 1080. The van der Waals surface area contributed by atoms with Gasteiger partial charge in [0.15, 0.2) is 6.23 Å². The molecular formula is C19H21ClN4O5. The van der Waals surface area contributed by atoms with Crippen LogP contribution in [0.25, 0.3) is 11.0 Å². The van der Waals surface area contributed by atoms with Crippen LogP contribution >= 0.6 is 11.6 Å². The molecule has 9 nitrogen and oxygen atoms in total. The van der Waals surface area contributed by atoms with E-state index < -0.39 is 30.1 Å². The van der Waals surface area contributed by atoms with Crippen LogP contribution in [0.2, 0.25) is 5.02 Å². The molecule has 4 rings (SSSR count). The maximum absolute atomic E-state index is 11.0. The third-order valence-corrected chi connectivity index (χ3v) is 5.48. The fourth-order valence-corrected chi connectivity index (χ4v) is 3.77. The second-order valence-corrected chi connectivity index (χ2v) is 7.54. The minimum Gasteiger partial charge on any atom is -0.397 e. The normalized spacial score (nSPS) is 28.8. The molecule has 154 valence electrons. The highest BCUT2D eigenvalue weighted by atomic mass is 35.5. The van der Waals surface area contributed by atoms with Gasteiger partial charge >= 0.3 is 0 Å². The number of H-pyrrole nitrogens is 1. The van der Waals surface area contributed by atoms with Crippen molar-refractivity contribution in [2.75, 3.05) is 7.11 Å². The van der Waals surface area contributed by atoms with Crippen LogP contribution in [0.3, 0.4) is 0 Å². The van der Waals surface area contributed by atoms with E-state index >= 15 is 0 Å². The number of benzene rings is 1. The van der Waals surface area contributed by atoms with Crippen molar-refractivity contribution < 1.29 is 24.9 Å². The zero-order valence-corrected chi connectivity index (χ0v) is 16.5. The van der Waals surface area contributed by atoms with Gasteiger partial charge in [0.2, 0.25) is 5.49 Å². The standard InChI is InChI=1S/C19H21ClN4O5/c1-19(27)14(26)18(29-15(19)13(25)10-3-5-11(20)6-4-10)24-8-7-12-16(23-28-2)21-9-22-17(12)24/h3-9,13-15,18,25-27H,1-2H3,(H,21,22,23)/t13?,14-,15+,18+,19-/m0/s1. The quantitative estimate of drug-likeness (QED) is 0.470. The minimum absolute atomic E-state index is 0.358. The van der Waals surface area contributed by atoms with Gasteiger partial charge in [-0.05, 0) is 30.7 Å². The maximum Gasteiger partial charge on any atom is 0.203 e. The Kier molecular flexibility index (Phi) is 5.09. The number of halogens is 1. The van der Waals surface area contributed by atoms with E-state index in [1.54, 1.807) is 41.1 Å². The number of aliphatic hydroxyl groups is 3. The third-order valence-electron chi connectivity index (χ3n) is 5.23. The van der Waals surface area contributed by atoms with E-state index in [0.717, 1.165) is 0 Å². The van der Waals surface area contributed by atoms with E-state index in [1.165, 1.54) is 20.4 Å². The summed E-state index contributed by atoms with van der Waals surface area (Å²) in [6.07, 6.45) is -1.40. The van der Waals surface area contributed by atoms with Gasteiger partial charge in [-0.1, -0.05) is 28.9 Å². The smallest absolute Gasteiger partial charge is 0.203 e. The highest BCUT2D eigenvalue weighted by Crippen LogP contribution is 2.43. The molecule has 29 heavy (non-hydrogen) atoms. The van der Waals surface area contributed by atoms with Gasteiger partial charge < -0.3 is 34.4 Å². The van der Waals surface area contributed by atoms with E-state index in [9.17, 15) is 15.3 Å². The Hall–Kier alpha value is -2.43. The molecule has 0 saturated carbocycles. The summed E-state index contributed by atoms with van der Waals surface area (Å²) in [5, 5.41) is 37.6. The number of hydrogen-bond donors (Lipinski definition) is 4. The summed E-state index contributed by atoms with van der Waals surface area (Å²) in [6, 6.07) is 8.31. The lowest BCUT2D eigenvalue weighted by Gasteiger charge is -2.29. The Balaban J connectivity index is 1.72. The van der Waals surface area contributed by atoms with Crippen molar-refractivity contribution in [3.05, 3.63) is 58.9 Å². The molecule has 3 heterocycles. The van der Waals surface area contributed by atoms with E-state index in [1.807, 2.05) is 0 Å². The number of fused-ring (bicyclic) bond motifs is 1. The molecule has 0 spiro atoms. The molecule has 1 saturated heterocycles. The Morgan fingerprint density at radius 1 is 1.34 bits per heavy atom. The third kappa shape index (κ3) is 3.30. The summed E-state index contributed by atoms with van der Waals surface area (Å²) in [5.74, 6) is 0. The lowest BCUT2D eigenvalue weighted by Crippen LogP contribution is -2.47. The fourth-order valence-electron chi connectivity index (χ4n) is 3.64. The molecule has 4 N–H and O–H groups in total. The lowest BCUT2D eigenvalue weighted by molar-refractivity contribution is -0.115. The van der Waals surface area contributed by atoms with Crippen molar-refractivity contribution in [3.63, 3.8) is 0 Å². The average Bonchev–Trinajstić information content (AvgIpc) is 3.22. The Labute approximate surface area is 170 Å². The van der Waals surface area contributed by atoms with Crippen LogP contribution in [0.4, 0.5) is 0 Å². The molecule has 3 aromatic rings. The zero-order valence-electron chi connectivity index (χ0n) is 15.7. The lowest BCUT2D eigenvalue weighted by atomic mass is 9.88. The molecular weight excluding hydrogens is 400 g/mol. The van der Waals surface area contributed by atoms with Gasteiger partial charge in [-0.25, -0.2) is 4.98 Å². The molecule has 10 heteroatoms. The molecule has 0 amide bonds. The van der Waals surface area contributed by atoms with Crippen molar-refractivity contribution in [2.24, 2.45) is 5.16 Å². The molecule has 2 aromatic heterocycles. The van der Waals surface area contributed by atoms with Crippen LogP contribution in [0.15, 0.2) is 48.0 Å². The predicted molar refractivity (Wildman–Crippen MR) is 104 cm³/mol. The van der Waals surface area contributed by atoms with Gasteiger partial charge in [-0.3, -0.25) is 0 Å². The van der Waals surface area contributed by atoms with Gasteiger partial charge in [0.05, 0.1) is 11.7 Å². The van der Waals surface area contributed by atoms with Gasteiger partial charge in [0.25, 0.3) is 0 Å². The summed E-state index contributed by atoms with van der Waals surface area (Å²) >= 11 is 5.91. The molecule has 1 aliphatic heterocycles. The SMILES string of the molecule is CON=c1nc[nH]c2c1ccn2[C@@H]1O[C@H](C(O)c2ccc(Cl)cc2)[C@@](C)(O)[C@H]1O. The Morgan fingerprint density at radius 2 is 2.07 bits per heavy atom. The van der Waals surface area contributed by atoms with Crippen LogP contribution in [0, 0.1) is 0 Å². The second-order valence-electron chi connectivity index (χ2n) is 7.10. The molecule has 0 radical (unpaired) electrons. The van der Waals surface area contributed by atoms with Crippen molar-refractivity contribution in [2.45, 2.75) is 37.1 Å². The van der Waals surface area contributed by atoms with Crippen molar-refractivity contribution in [1.29, 1.82) is 0 Å². The molecule has 1 aliphatic rings. The van der Waals surface area contributed by atoms with Crippen LogP contribution in [-0.2, 0) is 9.57 Å². The highest BCUT2D eigenvalue weighted by molar-refractivity contribution is 6.30. The van der Waals surface area contributed by atoms with E-state index in [0.29, 0.717) is 27.1 Å². The van der Waals surface area contributed by atoms with Crippen molar-refractivity contribution in [1.82, 2.24) is 14.5 Å². The predicted octanol–water partition coefficient (Wildman–Crippen LogP) is 1.22. The molecule has 0 bridgehead atoms. The summed E-state index contributed by atoms with van der Waals surface area (Å²) in [6.45, 7) is 1.43. The zero-order chi connectivity index (χ0) is 20.8. The summed E-state index contributed by atoms with van der Waals surface area (Å²) in [7, 11) is 1.42. The number of rotatable bonds is 4. The first-order valence-corrected chi connectivity index (χ1v) is 9.33. The van der Waals surface area contributed by atoms with Crippen molar-refractivity contribution in [3.8, 4) is 0 Å². The summed E-state index contributed by atoms with van der Waals surface area (Å²) in [4.78, 5) is 11.9. The monoisotopic (exact) mass is 420 g/mol. The van der Waals surface area contributed by atoms with Gasteiger partial charge in [-0.2, -0.15) is 0 Å². The van der Waals surface area contributed by atoms with E-state index in [2.05, 4.69) is 15.1 Å². The van der Waals surface area contributed by atoms with E-state index in [4.69, 9.17) is 21.2 Å². The number of ether oxygens (including phenoxy) is 1. The van der Waals surface area contributed by atoms with Gasteiger partial charge in [0, 0.05) is 11.2 Å². The highest BCUT2D eigenvalue weighted by Gasteiger charge is 2.55. The summed E-state index contributed by atoms with van der Waals surface area (Å²) in [5.41, 5.74) is -0.274. The first kappa shape index (κ1) is 19.9. The average molecular weight is 421 g/mol. The molecule has 0 aliphatic carbocycles. The minimum atomic E-state index is -1.72. The number of aromatic nitrogens is 3. The maximum atomic E-state index is 11.0. The topological polar surface area (TPSA) is 125 Å². The summed E-state index contributed by atoms with van der Waals surface area (Å²) < 4.78 is 7.59. The first-order chi connectivity index (χ1) is 13.8. The van der Waals surface area contributed by atoms with Crippen LogP contribution in [-0.4, -0.2) is 54.8 Å². The largest absolute Gasteiger partial charge is 0.397 e. The molecule has 1 unspecified atom stereocenters. The number of aromatic amines is 1. The molecule has 1 fully saturated rings. The Morgan fingerprint density at radius 3 is 2.76 bits per heavy atom. The number of hydrogen-bond acceptors (Lipinski definition) is 7. The van der Waals surface area contributed by atoms with Crippen molar-refractivity contribution >= 4 is 22.6 Å². The number of nitrogens with one attached hydrogen (secondary N) is 1. The number of aliphatic hydroxyl groups excluding tert-OH is 2.